The van der Waals surface area contributed by atoms with Crippen LogP contribution < -0.4 is 10.6 Å². The summed E-state index contributed by atoms with van der Waals surface area (Å²) in [6.45, 7) is 6.05. The van der Waals surface area contributed by atoms with Crippen molar-refractivity contribution in [1.82, 2.24) is 5.32 Å². The molecule has 0 unspecified atom stereocenters. The molecule has 0 spiro atoms. The number of hydrogen-bond donors (Lipinski definition) is 2. The number of anilines is 1. The fourth-order valence-corrected chi connectivity index (χ4v) is 2.05. The van der Waals surface area contributed by atoms with Gasteiger partial charge in [0, 0.05) is 12.1 Å². The van der Waals surface area contributed by atoms with E-state index in [0.29, 0.717) is 12.8 Å². The molecule has 2 N–H and O–H groups in total. The number of rotatable bonds is 8. The van der Waals surface area contributed by atoms with Gasteiger partial charge >= 0.3 is 0 Å². The maximum absolute atomic E-state index is 12.3. The molecule has 0 aliphatic carbocycles. The molecule has 4 nitrogen and oxygen atoms in total. The molecule has 1 aromatic rings. The first-order chi connectivity index (χ1) is 10.0. The van der Waals surface area contributed by atoms with Gasteiger partial charge in [0.1, 0.15) is 6.04 Å². The molecule has 0 bridgehead atoms. The first kappa shape index (κ1) is 17.2. The second-order valence-corrected chi connectivity index (χ2v) is 5.72. The summed E-state index contributed by atoms with van der Waals surface area (Å²) in [6.07, 6.45) is 3.02. The van der Waals surface area contributed by atoms with Gasteiger partial charge in [-0.3, -0.25) is 9.59 Å². The zero-order chi connectivity index (χ0) is 15.7. The Morgan fingerprint density at radius 3 is 2.38 bits per heavy atom. The third kappa shape index (κ3) is 6.93. The largest absolute Gasteiger partial charge is 0.344 e. The second-order valence-electron chi connectivity index (χ2n) is 5.72. The van der Waals surface area contributed by atoms with E-state index in [2.05, 4.69) is 17.6 Å². The lowest BCUT2D eigenvalue weighted by Crippen LogP contribution is -2.44. The van der Waals surface area contributed by atoms with Crippen molar-refractivity contribution < 1.29 is 9.59 Å². The molecule has 0 fully saturated rings. The Hall–Kier alpha value is -1.84. The number of para-hydroxylation sites is 1. The SMILES string of the molecule is CCCC[C@H](NC(=O)CC(C)C)C(=O)Nc1ccccc1. The third-order valence-electron chi connectivity index (χ3n) is 3.13. The number of carbonyl (C=O) groups is 2. The van der Waals surface area contributed by atoms with Crippen molar-refractivity contribution in [2.24, 2.45) is 5.92 Å². The average molecular weight is 290 g/mol. The molecule has 116 valence electrons. The molecule has 1 atom stereocenters. The Morgan fingerprint density at radius 2 is 1.81 bits per heavy atom. The van der Waals surface area contributed by atoms with Gasteiger partial charge < -0.3 is 10.6 Å². The topological polar surface area (TPSA) is 58.2 Å². The number of unbranched alkanes of at least 4 members (excludes halogenated alkanes) is 1. The Labute approximate surface area is 127 Å². The molecule has 2 amide bonds. The number of benzene rings is 1. The number of carbonyl (C=O) groups excluding carboxylic acids is 2. The van der Waals surface area contributed by atoms with E-state index in [1.54, 1.807) is 0 Å². The van der Waals surface area contributed by atoms with Crippen LogP contribution in [0.3, 0.4) is 0 Å². The van der Waals surface area contributed by atoms with E-state index in [4.69, 9.17) is 0 Å². The molecular formula is C17H26N2O2. The minimum absolute atomic E-state index is 0.0608. The summed E-state index contributed by atoms with van der Waals surface area (Å²) in [5.74, 6) is 0.0788. The molecule has 0 radical (unpaired) electrons. The van der Waals surface area contributed by atoms with Gasteiger partial charge in [0.25, 0.3) is 0 Å². The number of amides is 2. The Balaban J connectivity index is 2.63. The van der Waals surface area contributed by atoms with Gasteiger partial charge in [-0.15, -0.1) is 0 Å². The first-order valence-corrected chi connectivity index (χ1v) is 7.68. The maximum Gasteiger partial charge on any atom is 0.246 e. The predicted octanol–water partition coefficient (Wildman–Crippen LogP) is 3.35. The molecule has 0 aliphatic heterocycles. The zero-order valence-electron chi connectivity index (χ0n) is 13.2. The van der Waals surface area contributed by atoms with Crippen LogP contribution in [0.1, 0.15) is 46.5 Å². The van der Waals surface area contributed by atoms with Gasteiger partial charge in [0.2, 0.25) is 11.8 Å². The van der Waals surface area contributed by atoms with Gasteiger partial charge in [0.15, 0.2) is 0 Å². The lowest BCUT2D eigenvalue weighted by molar-refractivity contribution is -0.127. The molecule has 0 saturated carbocycles. The number of hydrogen-bond acceptors (Lipinski definition) is 2. The van der Waals surface area contributed by atoms with Crippen molar-refractivity contribution in [2.75, 3.05) is 5.32 Å². The van der Waals surface area contributed by atoms with E-state index < -0.39 is 6.04 Å². The Kier molecular flexibility index (Phi) is 7.51. The first-order valence-electron chi connectivity index (χ1n) is 7.68. The summed E-state index contributed by atoms with van der Waals surface area (Å²) in [4.78, 5) is 24.2. The molecule has 1 rings (SSSR count). The molecule has 0 aliphatic rings. The van der Waals surface area contributed by atoms with Crippen molar-refractivity contribution in [1.29, 1.82) is 0 Å². The lowest BCUT2D eigenvalue weighted by atomic mass is 10.1. The molecule has 1 aromatic carbocycles. The summed E-state index contributed by atoms with van der Waals surface area (Å²) in [5, 5.41) is 5.71. The van der Waals surface area contributed by atoms with Crippen molar-refractivity contribution in [3.05, 3.63) is 30.3 Å². The summed E-state index contributed by atoms with van der Waals surface area (Å²) in [5.41, 5.74) is 0.752. The molecule has 0 heterocycles. The van der Waals surface area contributed by atoms with Crippen LogP contribution in [0.25, 0.3) is 0 Å². The average Bonchev–Trinajstić information content (AvgIpc) is 2.43. The van der Waals surface area contributed by atoms with E-state index in [0.717, 1.165) is 18.5 Å². The van der Waals surface area contributed by atoms with Crippen LogP contribution in [0.2, 0.25) is 0 Å². The van der Waals surface area contributed by atoms with E-state index in [-0.39, 0.29) is 17.7 Å². The molecule has 0 saturated heterocycles. The van der Waals surface area contributed by atoms with Crippen LogP contribution in [0.4, 0.5) is 5.69 Å². The monoisotopic (exact) mass is 290 g/mol. The fourth-order valence-electron chi connectivity index (χ4n) is 2.05. The van der Waals surface area contributed by atoms with Crippen LogP contribution in [0.15, 0.2) is 30.3 Å². The molecule has 4 heteroatoms. The highest BCUT2D eigenvalue weighted by Gasteiger charge is 2.20. The quantitative estimate of drug-likeness (QED) is 0.771. The predicted molar refractivity (Wildman–Crippen MR) is 86.0 cm³/mol. The van der Waals surface area contributed by atoms with Crippen molar-refractivity contribution in [3.63, 3.8) is 0 Å². The van der Waals surface area contributed by atoms with Crippen LogP contribution >= 0.6 is 0 Å². The highest BCUT2D eigenvalue weighted by atomic mass is 16.2. The molecular weight excluding hydrogens is 264 g/mol. The highest BCUT2D eigenvalue weighted by Crippen LogP contribution is 2.09. The van der Waals surface area contributed by atoms with Crippen molar-refractivity contribution >= 4 is 17.5 Å². The van der Waals surface area contributed by atoms with E-state index in [9.17, 15) is 9.59 Å². The summed E-state index contributed by atoms with van der Waals surface area (Å²) >= 11 is 0. The van der Waals surface area contributed by atoms with Gasteiger partial charge in [-0.05, 0) is 24.5 Å². The molecule has 21 heavy (non-hydrogen) atoms. The van der Waals surface area contributed by atoms with Gasteiger partial charge in [-0.2, -0.15) is 0 Å². The second kappa shape index (κ2) is 9.16. The summed E-state index contributed by atoms with van der Waals surface area (Å²) < 4.78 is 0. The Morgan fingerprint density at radius 1 is 1.14 bits per heavy atom. The smallest absolute Gasteiger partial charge is 0.246 e. The third-order valence-corrected chi connectivity index (χ3v) is 3.13. The van der Waals surface area contributed by atoms with Crippen LogP contribution in [-0.4, -0.2) is 17.9 Å². The van der Waals surface area contributed by atoms with Crippen LogP contribution in [-0.2, 0) is 9.59 Å². The standard InChI is InChI=1S/C17H26N2O2/c1-4-5-11-15(19-16(20)12-13(2)3)17(21)18-14-9-7-6-8-10-14/h6-10,13,15H,4-5,11-12H2,1-3H3,(H,18,21)(H,19,20)/t15-/m0/s1. The van der Waals surface area contributed by atoms with Gasteiger partial charge in [0.05, 0.1) is 0 Å². The van der Waals surface area contributed by atoms with E-state index in [1.807, 2.05) is 44.2 Å². The van der Waals surface area contributed by atoms with Crippen LogP contribution in [0, 0.1) is 5.92 Å². The maximum atomic E-state index is 12.3. The van der Waals surface area contributed by atoms with Gasteiger partial charge in [-0.25, -0.2) is 0 Å². The highest BCUT2D eigenvalue weighted by molar-refractivity contribution is 5.97. The van der Waals surface area contributed by atoms with Crippen molar-refractivity contribution in [3.8, 4) is 0 Å². The number of nitrogens with one attached hydrogen (secondary N) is 2. The van der Waals surface area contributed by atoms with Gasteiger partial charge in [-0.1, -0.05) is 51.8 Å². The lowest BCUT2D eigenvalue weighted by Gasteiger charge is -2.19. The fraction of sp³-hybridized carbons (Fsp3) is 0.529. The summed E-state index contributed by atoms with van der Waals surface area (Å²) in [7, 11) is 0. The Bertz CT molecular complexity index is 443. The van der Waals surface area contributed by atoms with E-state index >= 15 is 0 Å². The normalized spacial score (nSPS) is 12.0. The minimum atomic E-state index is -0.462. The molecule has 0 aromatic heterocycles. The zero-order valence-corrected chi connectivity index (χ0v) is 13.2. The van der Waals surface area contributed by atoms with E-state index in [1.165, 1.54) is 0 Å². The minimum Gasteiger partial charge on any atom is -0.344 e. The van der Waals surface area contributed by atoms with Crippen LogP contribution in [0.5, 0.6) is 0 Å². The summed E-state index contributed by atoms with van der Waals surface area (Å²) in [6, 6.07) is 8.85. The van der Waals surface area contributed by atoms with Crippen molar-refractivity contribution in [2.45, 2.75) is 52.5 Å².